The maximum absolute atomic E-state index is 12.7. The van der Waals surface area contributed by atoms with Crippen LogP contribution in [0.2, 0.25) is 0 Å². The van der Waals surface area contributed by atoms with Crippen molar-refractivity contribution in [2.45, 2.75) is 25.9 Å². The topological polar surface area (TPSA) is 62.6 Å². The van der Waals surface area contributed by atoms with E-state index in [1.807, 2.05) is 26.0 Å². The number of fused-ring (bicyclic) bond motifs is 1. The van der Waals surface area contributed by atoms with Crippen LogP contribution >= 0.6 is 12.4 Å². The first-order chi connectivity index (χ1) is 10.1. The predicted molar refractivity (Wildman–Crippen MR) is 87.7 cm³/mol. The largest absolute Gasteiger partial charge is 0.422 e. The van der Waals surface area contributed by atoms with Crippen molar-refractivity contribution in [1.29, 1.82) is 0 Å². The van der Waals surface area contributed by atoms with Gasteiger partial charge in [-0.15, -0.1) is 12.4 Å². The van der Waals surface area contributed by atoms with Gasteiger partial charge in [-0.3, -0.25) is 4.79 Å². The summed E-state index contributed by atoms with van der Waals surface area (Å²) in [5, 5.41) is 4.08. The van der Waals surface area contributed by atoms with Gasteiger partial charge < -0.3 is 14.6 Å². The normalized spacial score (nSPS) is 21.5. The molecular formula is C16H19ClN2O3. The van der Waals surface area contributed by atoms with Crippen LogP contribution in [0, 0.1) is 0 Å². The van der Waals surface area contributed by atoms with Gasteiger partial charge in [0.1, 0.15) is 11.1 Å². The van der Waals surface area contributed by atoms with E-state index in [4.69, 9.17) is 4.42 Å². The lowest BCUT2D eigenvalue weighted by Crippen LogP contribution is -2.57. The lowest BCUT2D eigenvalue weighted by atomic mass is 10.1. The number of amides is 1. The molecule has 2 atom stereocenters. The lowest BCUT2D eigenvalue weighted by molar-refractivity contribution is 0.0599. The Kier molecular flexibility index (Phi) is 4.88. The number of hydrogen-bond donors (Lipinski definition) is 1. The fourth-order valence-electron chi connectivity index (χ4n) is 2.71. The average Bonchev–Trinajstić information content (AvgIpc) is 2.48. The van der Waals surface area contributed by atoms with E-state index in [0.29, 0.717) is 12.1 Å². The van der Waals surface area contributed by atoms with Crippen LogP contribution in [0.3, 0.4) is 0 Å². The van der Waals surface area contributed by atoms with Crippen molar-refractivity contribution in [1.82, 2.24) is 10.2 Å². The monoisotopic (exact) mass is 322 g/mol. The van der Waals surface area contributed by atoms with Gasteiger partial charge in [-0.2, -0.15) is 0 Å². The number of nitrogens with one attached hydrogen (secondary N) is 1. The number of nitrogens with zero attached hydrogens (tertiary/aromatic N) is 1. The second-order valence-corrected chi connectivity index (χ2v) is 5.47. The molecule has 2 aromatic rings. The number of benzene rings is 1. The Bertz CT molecular complexity index is 743. The van der Waals surface area contributed by atoms with E-state index < -0.39 is 5.63 Å². The first-order valence-corrected chi connectivity index (χ1v) is 7.15. The van der Waals surface area contributed by atoms with E-state index in [1.54, 1.807) is 23.1 Å². The minimum atomic E-state index is -0.572. The number of carbonyl (C=O) groups is 1. The fraction of sp³-hybridized carbons (Fsp3) is 0.375. The molecule has 1 aromatic heterocycles. The molecule has 1 aliphatic rings. The van der Waals surface area contributed by atoms with Crippen molar-refractivity contribution < 1.29 is 9.21 Å². The molecule has 1 aliphatic heterocycles. The van der Waals surface area contributed by atoms with Crippen LogP contribution in [-0.4, -0.2) is 36.0 Å². The number of piperazine rings is 1. The van der Waals surface area contributed by atoms with Crippen molar-refractivity contribution in [2.75, 3.05) is 13.1 Å². The summed E-state index contributed by atoms with van der Waals surface area (Å²) in [5.74, 6) is -0.254. The molecule has 1 N–H and O–H groups in total. The zero-order valence-electron chi connectivity index (χ0n) is 12.5. The van der Waals surface area contributed by atoms with Gasteiger partial charge in [-0.25, -0.2) is 4.79 Å². The molecule has 0 aliphatic carbocycles. The first kappa shape index (κ1) is 16.5. The summed E-state index contributed by atoms with van der Waals surface area (Å²) < 4.78 is 5.25. The number of carbonyl (C=O) groups excluding carboxylic acids is 1. The van der Waals surface area contributed by atoms with Gasteiger partial charge in [-0.1, -0.05) is 18.2 Å². The van der Waals surface area contributed by atoms with Crippen LogP contribution in [0.15, 0.2) is 39.5 Å². The number of hydrogen-bond acceptors (Lipinski definition) is 4. The second-order valence-electron chi connectivity index (χ2n) is 5.47. The van der Waals surface area contributed by atoms with Gasteiger partial charge in [-0.05, 0) is 26.0 Å². The average molecular weight is 323 g/mol. The number of rotatable bonds is 1. The summed E-state index contributed by atoms with van der Waals surface area (Å²) in [7, 11) is 0. The third-order valence-corrected chi connectivity index (χ3v) is 4.17. The van der Waals surface area contributed by atoms with Gasteiger partial charge in [0.05, 0.1) is 0 Å². The molecule has 0 radical (unpaired) electrons. The van der Waals surface area contributed by atoms with Crippen molar-refractivity contribution in [2.24, 2.45) is 0 Å². The van der Waals surface area contributed by atoms with E-state index in [2.05, 4.69) is 5.32 Å². The molecule has 2 heterocycles. The molecule has 1 fully saturated rings. The Morgan fingerprint density at radius 2 is 2.05 bits per heavy atom. The molecule has 1 saturated heterocycles. The molecule has 3 rings (SSSR count). The SMILES string of the molecule is CC1NCCN(C(=O)c2cc3ccccc3oc2=O)C1C.Cl. The van der Waals surface area contributed by atoms with E-state index in [0.717, 1.165) is 11.9 Å². The van der Waals surface area contributed by atoms with E-state index in [-0.39, 0.29) is 36.0 Å². The van der Waals surface area contributed by atoms with Crippen LogP contribution in [0.1, 0.15) is 24.2 Å². The maximum Gasteiger partial charge on any atom is 0.349 e. The number of halogens is 1. The smallest absolute Gasteiger partial charge is 0.349 e. The van der Waals surface area contributed by atoms with Crippen molar-refractivity contribution >= 4 is 29.3 Å². The maximum atomic E-state index is 12.7. The number of para-hydroxylation sites is 1. The zero-order chi connectivity index (χ0) is 15.0. The molecule has 1 amide bonds. The van der Waals surface area contributed by atoms with Gasteiger partial charge in [0.2, 0.25) is 0 Å². The fourth-order valence-corrected chi connectivity index (χ4v) is 2.71. The summed E-state index contributed by atoms with van der Waals surface area (Å²) in [5.41, 5.74) is 0.0347. The lowest BCUT2D eigenvalue weighted by Gasteiger charge is -2.38. The molecule has 0 bridgehead atoms. The summed E-state index contributed by atoms with van der Waals surface area (Å²) >= 11 is 0. The van der Waals surface area contributed by atoms with Gasteiger partial charge in [0.15, 0.2) is 0 Å². The minimum Gasteiger partial charge on any atom is -0.422 e. The van der Waals surface area contributed by atoms with Crippen LogP contribution in [-0.2, 0) is 0 Å². The Morgan fingerprint density at radius 3 is 2.82 bits per heavy atom. The predicted octanol–water partition coefficient (Wildman–Crippen LogP) is 2.04. The van der Waals surface area contributed by atoms with Crippen LogP contribution in [0.4, 0.5) is 0 Å². The van der Waals surface area contributed by atoms with Crippen LogP contribution < -0.4 is 10.9 Å². The van der Waals surface area contributed by atoms with Crippen LogP contribution in [0.5, 0.6) is 0 Å². The molecule has 0 saturated carbocycles. The van der Waals surface area contributed by atoms with E-state index >= 15 is 0 Å². The van der Waals surface area contributed by atoms with Gasteiger partial charge >= 0.3 is 5.63 Å². The Labute approximate surface area is 134 Å². The highest BCUT2D eigenvalue weighted by atomic mass is 35.5. The summed E-state index contributed by atoms with van der Waals surface area (Å²) in [4.78, 5) is 26.5. The highest BCUT2D eigenvalue weighted by Crippen LogP contribution is 2.16. The summed E-state index contributed by atoms with van der Waals surface area (Å²) in [6.07, 6.45) is 0. The molecule has 2 unspecified atom stereocenters. The highest BCUT2D eigenvalue weighted by molar-refractivity contribution is 5.96. The Morgan fingerprint density at radius 1 is 1.32 bits per heavy atom. The van der Waals surface area contributed by atoms with Crippen LogP contribution in [0.25, 0.3) is 11.0 Å². The molecule has 118 valence electrons. The molecule has 5 nitrogen and oxygen atoms in total. The zero-order valence-corrected chi connectivity index (χ0v) is 13.4. The van der Waals surface area contributed by atoms with Gasteiger partial charge in [0.25, 0.3) is 5.91 Å². The Balaban J connectivity index is 0.00000176. The third kappa shape index (κ3) is 2.87. The molecular weight excluding hydrogens is 304 g/mol. The highest BCUT2D eigenvalue weighted by Gasteiger charge is 2.30. The summed E-state index contributed by atoms with van der Waals surface area (Å²) in [6.45, 7) is 5.34. The third-order valence-electron chi connectivity index (χ3n) is 4.17. The van der Waals surface area contributed by atoms with E-state index in [9.17, 15) is 9.59 Å². The van der Waals surface area contributed by atoms with Crippen molar-refractivity contribution in [3.05, 3.63) is 46.3 Å². The quantitative estimate of drug-likeness (QED) is 0.816. The van der Waals surface area contributed by atoms with Crippen molar-refractivity contribution in [3.63, 3.8) is 0 Å². The Hall–Kier alpha value is -1.85. The first-order valence-electron chi connectivity index (χ1n) is 7.15. The van der Waals surface area contributed by atoms with E-state index in [1.165, 1.54) is 0 Å². The molecule has 1 aromatic carbocycles. The second kappa shape index (κ2) is 6.50. The van der Waals surface area contributed by atoms with Crippen molar-refractivity contribution in [3.8, 4) is 0 Å². The minimum absolute atomic E-state index is 0. The van der Waals surface area contributed by atoms with Gasteiger partial charge in [0, 0.05) is 30.6 Å². The molecule has 6 heteroatoms. The summed E-state index contributed by atoms with van der Waals surface area (Å²) in [6, 6.07) is 9.08. The molecule has 0 spiro atoms. The standard InChI is InChI=1S/C16H18N2O3.ClH/c1-10-11(2)18(8-7-17-10)15(19)13-9-12-5-3-4-6-14(12)21-16(13)20;/h3-6,9-11,17H,7-8H2,1-2H3;1H. The molecule has 22 heavy (non-hydrogen) atoms.